The third-order valence-electron chi connectivity index (χ3n) is 3.07. The minimum absolute atomic E-state index is 0.108. The minimum atomic E-state index is -0.387. The summed E-state index contributed by atoms with van der Waals surface area (Å²) in [6.45, 7) is 0.150. The highest BCUT2D eigenvalue weighted by atomic mass is 19.1. The quantitative estimate of drug-likeness (QED) is 0.763. The Morgan fingerprint density at radius 3 is 2.70 bits per heavy atom. The first-order valence-electron chi connectivity index (χ1n) is 6.98. The zero-order valence-electron chi connectivity index (χ0n) is 12.3. The third kappa shape index (κ3) is 5.04. The van der Waals surface area contributed by atoms with Gasteiger partial charge in [0.05, 0.1) is 6.54 Å². The lowest BCUT2D eigenvalue weighted by molar-refractivity contribution is -0.120. The van der Waals surface area contributed by atoms with Crippen LogP contribution in [0.4, 0.5) is 4.39 Å². The van der Waals surface area contributed by atoms with Crippen molar-refractivity contribution < 1.29 is 9.18 Å². The monoisotopic (exact) mass is 314 g/mol. The molecule has 2 rings (SSSR count). The highest BCUT2D eigenvalue weighted by Crippen LogP contribution is 2.06. The molecule has 0 saturated heterocycles. The highest BCUT2D eigenvalue weighted by Gasteiger charge is 2.08. The number of terminal acetylenes is 1. The summed E-state index contributed by atoms with van der Waals surface area (Å²) in [5.41, 5.74) is 0.600. The van der Waals surface area contributed by atoms with E-state index in [0.29, 0.717) is 12.2 Å². The predicted octanol–water partition coefficient (Wildman–Crippen LogP) is 0.577. The van der Waals surface area contributed by atoms with E-state index in [-0.39, 0.29) is 42.4 Å². The van der Waals surface area contributed by atoms with Crippen LogP contribution in [0.3, 0.4) is 0 Å². The molecule has 7 heteroatoms. The SMILES string of the molecule is C#CCNC(=O)CCc1nnc(Cc2ccc(F)cc2)[nH]c1=O. The van der Waals surface area contributed by atoms with Crippen LogP contribution in [-0.2, 0) is 17.6 Å². The topological polar surface area (TPSA) is 87.7 Å². The Balaban J connectivity index is 1.98. The van der Waals surface area contributed by atoms with E-state index in [4.69, 9.17) is 6.42 Å². The lowest BCUT2D eigenvalue weighted by atomic mass is 10.1. The Morgan fingerprint density at radius 2 is 2.04 bits per heavy atom. The number of benzene rings is 1. The van der Waals surface area contributed by atoms with Crippen molar-refractivity contribution >= 4 is 5.91 Å². The van der Waals surface area contributed by atoms with Crippen LogP contribution in [0.5, 0.6) is 0 Å². The van der Waals surface area contributed by atoms with Crippen LogP contribution >= 0.6 is 0 Å². The van der Waals surface area contributed by atoms with Crippen LogP contribution in [-0.4, -0.2) is 27.6 Å². The Hall–Kier alpha value is -3.01. The number of nitrogens with one attached hydrogen (secondary N) is 2. The maximum Gasteiger partial charge on any atom is 0.272 e. The second-order valence-corrected chi connectivity index (χ2v) is 4.83. The van der Waals surface area contributed by atoms with Gasteiger partial charge in [-0.05, 0) is 17.7 Å². The molecule has 2 aromatic rings. The molecule has 0 aliphatic heterocycles. The molecule has 118 valence electrons. The average molecular weight is 314 g/mol. The molecular formula is C16H15FN4O2. The molecule has 0 unspecified atom stereocenters. The van der Waals surface area contributed by atoms with E-state index < -0.39 is 0 Å². The summed E-state index contributed by atoms with van der Waals surface area (Å²) in [5.74, 6) is 2.09. The van der Waals surface area contributed by atoms with Gasteiger partial charge in [0, 0.05) is 19.3 Å². The van der Waals surface area contributed by atoms with E-state index in [1.165, 1.54) is 12.1 Å². The molecule has 23 heavy (non-hydrogen) atoms. The molecule has 0 spiro atoms. The first-order chi connectivity index (χ1) is 11.1. The van der Waals surface area contributed by atoms with E-state index in [0.717, 1.165) is 5.56 Å². The number of hydrogen-bond acceptors (Lipinski definition) is 4. The van der Waals surface area contributed by atoms with Gasteiger partial charge in [-0.15, -0.1) is 16.6 Å². The number of aryl methyl sites for hydroxylation is 1. The van der Waals surface area contributed by atoms with Crippen LogP contribution < -0.4 is 10.9 Å². The van der Waals surface area contributed by atoms with Crippen LogP contribution in [0.25, 0.3) is 0 Å². The van der Waals surface area contributed by atoms with Gasteiger partial charge in [-0.25, -0.2) is 4.39 Å². The van der Waals surface area contributed by atoms with Gasteiger partial charge < -0.3 is 10.3 Å². The number of amides is 1. The summed E-state index contributed by atoms with van der Waals surface area (Å²) < 4.78 is 12.8. The number of H-pyrrole nitrogens is 1. The molecule has 0 fully saturated rings. The van der Waals surface area contributed by atoms with Gasteiger partial charge in [0.1, 0.15) is 17.3 Å². The molecule has 0 bridgehead atoms. The Morgan fingerprint density at radius 1 is 1.30 bits per heavy atom. The molecule has 2 N–H and O–H groups in total. The predicted molar refractivity (Wildman–Crippen MR) is 82.0 cm³/mol. The standard InChI is InChI=1S/C16H15FN4O2/c1-2-9-18-15(22)8-7-13-16(23)19-14(21-20-13)10-11-3-5-12(17)6-4-11/h1,3-6H,7-10H2,(H,18,22)(H,19,21,23). The number of rotatable bonds is 6. The summed E-state index contributed by atoms with van der Waals surface area (Å²) in [5, 5.41) is 10.3. The third-order valence-corrected chi connectivity index (χ3v) is 3.07. The van der Waals surface area contributed by atoms with E-state index in [2.05, 4.69) is 26.4 Å². The van der Waals surface area contributed by atoms with Gasteiger partial charge in [-0.1, -0.05) is 18.1 Å². The number of hydrogen-bond donors (Lipinski definition) is 2. The van der Waals surface area contributed by atoms with Crippen molar-refractivity contribution in [2.45, 2.75) is 19.3 Å². The maximum absolute atomic E-state index is 12.8. The zero-order valence-corrected chi connectivity index (χ0v) is 12.3. The largest absolute Gasteiger partial charge is 0.345 e. The lowest BCUT2D eigenvalue weighted by Crippen LogP contribution is -2.26. The van der Waals surface area contributed by atoms with Gasteiger partial charge in [0.15, 0.2) is 0 Å². The van der Waals surface area contributed by atoms with Crippen LogP contribution in [0.15, 0.2) is 29.1 Å². The van der Waals surface area contributed by atoms with Gasteiger partial charge in [0.25, 0.3) is 5.56 Å². The Kier molecular flexibility index (Phi) is 5.58. The lowest BCUT2D eigenvalue weighted by Gasteiger charge is -2.03. The first kappa shape index (κ1) is 16.4. The van der Waals surface area contributed by atoms with Crippen molar-refractivity contribution in [1.29, 1.82) is 0 Å². The van der Waals surface area contributed by atoms with Crippen molar-refractivity contribution in [3.8, 4) is 12.3 Å². The van der Waals surface area contributed by atoms with Crippen LogP contribution in [0, 0.1) is 18.2 Å². The summed E-state index contributed by atoms with van der Waals surface area (Å²) in [6.07, 6.45) is 5.66. The van der Waals surface area contributed by atoms with Gasteiger partial charge in [-0.3, -0.25) is 9.59 Å². The van der Waals surface area contributed by atoms with Gasteiger partial charge in [0.2, 0.25) is 5.91 Å². The summed E-state index contributed by atoms with van der Waals surface area (Å²) in [4.78, 5) is 26.0. The van der Waals surface area contributed by atoms with E-state index in [9.17, 15) is 14.0 Å². The molecule has 0 saturated carbocycles. The second-order valence-electron chi connectivity index (χ2n) is 4.83. The number of carbonyl (C=O) groups excluding carboxylic acids is 1. The fourth-order valence-electron chi connectivity index (χ4n) is 1.90. The van der Waals surface area contributed by atoms with E-state index in [1.54, 1.807) is 12.1 Å². The van der Waals surface area contributed by atoms with Crippen molar-refractivity contribution in [3.63, 3.8) is 0 Å². The zero-order chi connectivity index (χ0) is 16.7. The van der Waals surface area contributed by atoms with Crippen molar-refractivity contribution in [1.82, 2.24) is 20.5 Å². The molecule has 0 aliphatic rings. The smallest absolute Gasteiger partial charge is 0.272 e. The van der Waals surface area contributed by atoms with E-state index >= 15 is 0 Å². The molecular weight excluding hydrogens is 299 g/mol. The number of carbonyl (C=O) groups is 1. The molecule has 1 heterocycles. The fourth-order valence-corrected chi connectivity index (χ4v) is 1.90. The molecule has 0 aliphatic carbocycles. The number of aromatic amines is 1. The second kappa shape index (κ2) is 7.84. The maximum atomic E-state index is 12.8. The number of aromatic nitrogens is 3. The average Bonchev–Trinajstić information content (AvgIpc) is 2.54. The molecule has 1 amide bonds. The minimum Gasteiger partial charge on any atom is -0.345 e. The van der Waals surface area contributed by atoms with Crippen molar-refractivity contribution in [2.75, 3.05) is 6.54 Å². The first-order valence-corrected chi connectivity index (χ1v) is 6.98. The van der Waals surface area contributed by atoms with Gasteiger partial charge in [-0.2, -0.15) is 0 Å². The molecule has 0 atom stereocenters. The number of halogens is 1. The molecule has 1 aromatic heterocycles. The highest BCUT2D eigenvalue weighted by molar-refractivity contribution is 5.76. The van der Waals surface area contributed by atoms with Crippen LogP contribution in [0.2, 0.25) is 0 Å². The molecule has 1 aromatic carbocycles. The van der Waals surface area contributed by atoms with Crippen molar-refractivity contribution in [2.24, 2.45) is 0 Å². The fraction of sp³-hybridized carbons (Fsp3) is 0.250. The Bertz CT molecular complexity index is 778. The van der Waals surface area contributed by atoms with Gasteiger partial charge >= 0.3 is 0 Å². The van der Waals surface area contributed by atoms with Crippen LogP contribution in [0.1, 0.15) is 23.5 Å². The normalized spacial score (nSPS) is 10.1. The summed E-state index contributed by atoms with van der Waals surface area (Å²) in [6, 6.07) is 5.90. The Labute approximate surface area is 132 Å². The van der Waals surface area contributed by atoms with Crippen molar-refractivity contribution in [3.05, 3.63) is 57.5 Å². The van der Waals surface area contributed by atoms with E-state index in [1.807, 2.05) is 0 Å². The molecule has 0 radical (unpaired) electrons. The molecule has 6 nitrogen and oxygen atoms in total. The number of nitrogens with zero attached hydrogens (tertiary/aromatic N) is 2. The summed E-state index contributed by atoms with van der Waals surface area (Å²) in [7, 11) is 0. The summed E-state index contributed by atoms with van der Waals surface area (Å²) >= 11 is 0.